The third-order valence-electron chi connectivity index (χ3n) is 4.78. The van der Waals surface area contributed by atoms with Crippen LogP contribution in [0.3, 0.4) is 0 Å². The van der Waals surface area contributed by atoms with Crippen molar-refractivity contribution in [2.45, 2.75) is 23.7 Å². The molecule has 0 unspecified atom stereocenters. The Morgan fingerprint density at radius 1 is 1.03 bits per heavy atom. The molecule has 0 N–H and O–H groups in total. The van der Waals surface area contributed by atoms with Gasteiger partial charge in [0.1, 0.15) is 11.4 Å². The minimum absolute atomic E-state index is 0.0961. The highest BCUT2D eigenvalue weighted by Gasteiger charge is 2.35. The molecule has 4 rings (SSSR count). The standard InChI is InChI=1S/C19H17F3N4O3S/c20-19(21,22)29-16-6-8-17(9-7-16)30(27,28)25-11-10-15(12-25)26-13-18(23-24-26)14-4-2-1-3-5-14/h1-9,13,15H,10-12H2/t15-/m0/s1. The molecule has 1 aliphatic rings. The highest BCUT2D eigenvalue weighted by Crippen LogP contribution is 2.30. The molecule has 0 amide bonds. The quantitative estimate of drug-likeness (QED) is 0.610. The van der Waals surface area contributed by atoms with Crippen molar-refractivity contribution in [3.05, 3.63) is 60.8 Å². The average molecular weight is 438 g/mol. The molecule has 0 saturated carbocycles. The summed E-state index contributed by atoms with van der Waals surface area (Å²) in [5, 5.41) is 8.29. The number of rotatable bonds is 5. The van der Waals surface area contributed by atoms with Gasteiger partial charge in [-0.1, -0.05) is 35.5 Å². The molecule has 11 heteroatoms. The lowest BCUT2D eigenvalue weighted by Crippen LogP contribution is -2.29. The van der Waals surface area contributed by atoms with Gasteiger partial charge in [0.15, 0.2) is 0 Å². The maximum Gasteiger partial charge on any atom is 0.573 e. The Morgan fingerprint density at radius 2 is 1.73 bits per heavy atom. The maximum atomic E-state index is 12.9. The van der Waals surface area contributed by atoms with E-state index in [1.807, 2.05) is 30.3 Å². The van der Waals surface area contributed by atoms with Crippen LogP contribution in [-0.2, 0) is 10.0 Å². The number of alkyl halides is 3. The van der Waals surface area contributed by atoms with Gasteiger partial charge in [-0.15, -0.1) is 18.3 Å². The number of benzene rings is 2. The summed E-state index contributed by atoms with van der Waals surface area (Å²) in [6, 6.07) is 13.5. The largest absolute Gasteiger partial charge is 0.573 e. The van der Waals surface area contributed by atoms with Crippen LogP contribution >= 0.6 is 0 Å². The van der Waals surface area contributed by atoms with Crippen LogP contribution in [0.25, 0.3) is 11.3 Å². The van der Waals surface area contributed by atoms with Crippen molar-refractivity contribution >= 4 is 10.0 Å². The number of nitrogens with zero attached hydrogens (tertiary/aromatic N) is 4. The predicted octanol–water partition coefficient (Wildman–Crippen LogP) is 3.48. The first-order chi connectivity index (χ1) is 14.2. The molecule has 1 aliphatic heterocycles. The Balaban J connectivity index is 1.47. The molecule has 2 heterocycles. The van der Waals surface area contributed by atoms with Gasteiger partial charge in [-0.05, 0) is 30.7 Å². The first kappa shape index (κ1) is 20.4. The van der Waals surface area contributed by atoms with Crippen LogP contribution in [0.2, 0.25) is 0 Å². The van der Waals surface area contributed by atoms with E-state index in [-0.39, 0.29) is 24.0 Å². The van der Waals surface area contributed by atoms with Crippen molar-refractivity contribution in [2.75, 3.05) is 13.1 Å². The topological polar surface area (TPSA) is 77.3 Å². The van der Waals surface area contributed by atoms with Gasteiger partial charge in [0.25, 0.3) is 0 Å². The van der Waals surface area contributed by atoms with Gasteiger partial charge in [0.05, 0.1) is 17.1 Å². The molecule has 1 fully saturated rings. The molecule has 158 valence electrons. The van der Waals surface area contributed by atoms with E-state index in [1.54, 1.807) is 10.9 Å². The Kier molecular flexibility index (Phi) is 5.24. The van der Waals surface area contributed by atoms with Crippen molar-refractivity contribution in [3.8, 4) is 17.0 Å². The minimum atomic E-state index is -4.83. The highest BCUT2D eigenvalue weighted by molar-refractivity contribution is 7.89. The SMILES string of the molecule is O=S(=O)(c1ccc(OC(F)(F)F)cc1)N1CC[C@H](n2cc(-c3ccccc3)nn2)C1. The lowest BCUT2D eigenvalue weighted by Gasteiger charge is -2.17. The summed E-state index contributed by atoms with van der Waals surface area (Å²) in [7, 11) is -3.85. The molecule has 0 aliphatic carbocycles. The molecular weight excluding hydrogens is 421 g/mol. The van der Waals surface area contributed by atoms with E-state index < -0.39 is 22.1 Å². The summed E-state index contributed by atoms with van der Waals surface area (Å²) < 4.78 is 69.3. The van der Waals surface area contributed by atoms with E-state index >= 15 is 0 Å². The average Bonchev–Trinajstić information content (AvgIpc) is 3.38. The molecule has 1 atom stereocenters. The molecule has 1 aromatic heterocycles. The second kappa shape index (κ2) is 7.73. The fourth-order valence-electron chi connectivity index (χ4n) is 3.30. The Hall–Kier alpha value is -2.92. The maximum absolute atomic E-state index is 12.9. The summed E-state index contributed by atoms with van der Waals surface area (Å²) in [4.78, 5) is -0.0961. The van der Waals surface area contributed by atoms with E-state index in [0.29, 0.717) is 12.1 Å². The van der Waals surface area contributed by atoms with Crippen molar-refractivity contribution < 1.29 is 26.3 Å². The molecule has 3 aromatic rings. The van der Waals surface area contributed by atoms with Crippen molar-refractivity contribution in [2.24, 2.45) is 0 Å². The molecule has 2 aromatic carbocycles. The second-order valence-electron chi connectivity index (χ2n) is 6.77. The van der Waals surface area contributed by atoms with E-state index in [4.69, 9.17) is 0 Å². The number of hydrogen-bond donors (Lipinski definition) is 0. The van der Waals surface area contributed by atoms with Gasteiger partial charge in [0, 0.05) is 18.7 Å². The zero-order valence-corrected chi connectivity index (χ0v) is 16.3. The van der Waals surface area contributed by atoms with Crippen LogP contribution in [0.5, 0.6) is 5.75 Å². The molecule has 0 spiro atoms. The van der Waals surface area contributed by atoms with Crippen LogP contribution in [0, 0.1) is 0 Å². The lowest BCUT2D eigenvalue weighted by molar-refractivity contribution is -0.274. The smallest absolute Gasteiger partial charge is 0.406 e. The van der Waals surface area contributed by atoms with Gasteiger partial charge < -0.3 is 4.74 Å². The summed E-state index contributed by atoms with van der Waals surface area (Å²) >= 11 is 0. The van der Waals surface area contributed by atoms with Crippen molar-refractivity contribution in [1.82, 2.24) is 19.3 Å². The summed E-state index contributed by atoms with van der Waals surface area (Å²) in [5.41, 5.74) is 1.60. The zero-order chi connectivity index (χ0) is 21.4. The van der Waals surface area contributed by atoms with Crippen molar-refractivity contribution in [1.29, 1.82) is 0 Å². The van der Waals surface area contributed by atoms with Crippen molar-refractivity contribution in [3.63, 3.8) is 0 Å². The number of aromatic nitrogens is 3. The Labute approximate surface area is 170 Å². The molecular formula is C19H17F3N4O3S. The Morgan fingerprint density at radius 3 is 2.40 bits per heavy atom. The van der Waals surface area contributed by atoms with E-state index in [2.05, 4.69) is 15.0 Å². The van der Waals surface area contributed by atoms with Gasteiger partial charge >= 0.3 is 6.36 Å². The molecule has 30 heavy (non-hydrogen) atoms. The molecule has 1 saturated heterocycles. The zero-order valence-electron chi connectivity index (χ0n) is 15.5. The summed E-state index contributed by atoms with van der Waals surface area (Å²) in [6.07, 6.45) is -2.51. The fourth-order valence-corrected chi connectivity index (χ4v) is 4.80. The lowest BCUT2D eigenvalue weighted by atomic mass is 10.2. The monoisotopic (exact) mass is 438 g/mol. The van der Waals surface area contributed by atoms with Crippen LogP contribution < -0.4 is 4.74 Å². The van der Waals surface area contributed by atoms with Crippen LogP contribution in [0.4, 0.5) is 13.2 Å². The van der Waals surface area contributed by atoms with Crippen LogP contribution in [-0.4, -0.2) is 47.2 Å². The van der Waals surface area contributed by atoms with Gasteiger partial charge in [0.2, 0.25) is 10.0 Å². The van der Waals surface area contributed by atoms with Crippen LogP contribution in [0.1, 0.15) is 12.5 Å². The number of hydrogen-bond acceptors (Lipinski definition) is 5. The van der Waals surface area contributed by atoms with E-state index in [1.165, 1.54) is 4.31 Å². The second-order valence-corrected chi connectivity index (χ2v) is 8.71. The highest BCUT2D eigenvalue weighted by atomic mass is 32.2. The number of sulfonamides is 1. The normalized spacial score (nSPS) is 17.9. The summed E-state index contributed by atoms with van der Waals surface area (Å²) in [6.45, 7) is 0.467. The van der Waals surface area contributed by atoms with Gasteiger partial charge in [-0.3, -0.25) is 0 Å². The Bertz CT molecular complexity index is 1120. The molecule has 0 bridgehead atoms. The number of halogens is 3. The minimum Gasteiger partial charge on any atom is -0.406 e. The summed E-state index contributed by atoms with van der Waals surface area (Å²) in [5.74, 6) is -0.475. The van der Waals surface area contributed by atoms with Gasteiger partial charge in [-0.2, -0.15) is 4.31 Å². The van der Waals surface area contributed by atoms with E-state index in [0.717, 1.165) is 29.8 Å². The number of ether oxygens (including phenoxy) is 1. The first-order valence-electron chi connectivity index (χ1n) is 9.05. The van der Waals surface area contributed by atoms with E-state index in [9.17, 15) is 21.6 Å². The van der Waals surface area contributed by atoms with Gasteiger partial charge in [-0.25, -0.2) is 13.1 Å². The molecule has 0 radical (unpaired) electrons. The third-order valence-corrected chi connectivity index (χ3v) is 6.65. The third kappa shape index (κ3) is 4.31. The molecule has 7 nitrogen and oxygen atoms in total. The predicted molar refractivity (Wildman–Crippen MR) is 101 cm³/mol. The fraction of sp³-hybridized carbons (Fsp3) is 0.263. The first-order valence-corrected chi connectivity index (χ1v) is 10.5. The van der Waals surface area contributed by atoms with Crippen LogP contribution in [0.15, 0.2) is 65.7 Å².